The van der Waals surface area contributed by atoms with E-state index in [1.807, 2.05) is 0 Å². The highest BCUT2D eigenvalue weighted by Gasteiger charge is 2.26. The van der Waals surface area contributed by atoms with E-state index in [2.05, 4.69) is 0 Å². The van der Waals surface area contributed by atoms with E-state index in [1.165, 1.54) is 0 Å². The highest BCUT2D eigenvalue weighted by Crippen LogP contribution is 2.16. The molecule has 0 fully saturated rings. The predicted molar refractivity (Wildman–Crippen MR) is 46.5 cm³/mol. The maximum atomic E-state index is 10.7. The zero-order valence-corrected chi connectivity index (χ0v) is 8.68. The van der Waals surface area contributed by atoms with E-state index >= 15 is 0 Å². The molecule has 1 atom stereocenters. The van der Waals surface area contributed by atoms with Gasteiger partial charge in [-0.15, -0.1) is 0 Å². The number of rotatable bonds is 3. The Morgan fingerprint density at radius 1 is 1.42 bits per heavy atom. The van der Waals surface area contributed by atoms with Gasteiger partial charge in [0.05, 0.1) is 5.60 Å². The van der Waals surface area contributed by atoms with E-state index < -0.39 is 21.2 Å². The zero-order chi connectivity index (χ0) is 9.99. The molecule has 0 aliphatic rings. The fourth-order valence-corrected chi connectivity index (χ4v) is 1.58. The maximum absolute atomic E-state index is 10.7. The van der Waals surface area contributed by atoms with Crippen molar-refractivity contribution in [3.05, 3.63) is 0 Å². The van der Waals surface area contributed by atoms with Gasteiger partial charge in [0.1, 0.15) is 0 Å². The first-order valence-corrected chi connectivity index (χ1v) is 5.31. The van der Waals surface area contributed by atoms with Gasteiger partial charge in [-0.05, 0) is 27.2 Å². The second-order valence-corrected chi connectivity index (χ2v) is 5.14. The molecule has 0 aromatic rings. The SMILES string of the molecule is CCC(OC(C)(C)C)S(=O)(=O)O. The lowest BCUT2D eigenvalue weighted by Crippen LogP contribution is -2.32. The molecule has 0 spiro atoms. The first-order chi connectivity index (χ1) is 5.17. The van der Waals surface area contributed by atoms with Crippen LogP contribution in [0.2, 0.25) is 0 Å². The van der Waals surface area contributed by atoms with Gasteiger partial charge in [0, 0.05) is 0 Å². The van der Waals surface area contributed by atoms with Crippen LogP contribution in [0.5, 0.6) is 0 Å². The van der Waals surface area contributed by atoms with Crippen LogP contribution in [0.4, 0.5) is 0 Å². The molecule has 0 saturated heterocycles. The largest absolute Gasteiger partial charge is 0.354 e. The van der Waals surface area contributed by atoms with Crippen molar-refractivity contribution >= 4 is 10.1 Å². The molecule has 5 heteroatoms. The standard InChI is InChI=1S/C7H16O4S/c1-5-6(12(8,9)10)11-7(2,3)4/h6H,5H2,1-4H3,(H,8,9,10). The summed E-state index contributed by atoms with van der Waals surface area (Å²) >= 11 is 0. The number of hydrogen-bond donors (Lipinski definition) is 1. The van der Waals surface area contributed by atoms with Gasteiger partial charge in [-0.2, -0.15) is 8.42 Å². The Balaban J connectivity index is 4.41. The molecule has 74 valence electrons. The first kappa shape index (κ1) is 11.9. The van der Waals surface area contributed by atoms with Gasteiger partial charge in [0.2, 0.25) is 0 Å². The second kappa shape index (κ2) is 3.72. The van der Waals surface area contributed by atoms with Gasteiger partial charge in [0.15, 0.2) is 5.44 Å². The molecule has 1 unspecified atom stereocenters. The third kappa shape index (κ3) is 4.69. The molecule has 0 aliphatic heterocycles. The summed E-state index contributed by atoms with van der Waals surface area (Å²) in [6, 6.07) is 0. The van der Waals surface area contributed by atoms with Crippen LogP contribution in [0.1, 0.15) is 34.1 Å². The summed E-state index contributed by atoms with van der Waals surface area (Å²) < 4.78 is 35.1. The number of hydrogen-bond acceptors (Lipinski definition) is 3. The van der Waals surface area contributed by atoms with Gasteiger partial charge < -0.3 is 4.74 Å². The van der Waals surface area contributed by atoms with Crippen LogP contribution < -0.4 is 0 Å². The average Bonchev–Trinajstić information content (AvgIpc) is 1.78. The van der Waals surface area contributed by atoms with Crippen LogP contribution in [-0.4, -0.2) is 24.0 Å². The monoisotopic (exact) mass is 196 g/mol. The molecule has 0 radical (unpaired) electrons. The van der Waals surface area contributed by atoms with E-state index in [9.17, 15) is 8.42 Å². The summed E-state index contributed by atoms with van der Waals surface area (Å²) in [6.45, 7) is 6.85. The molecule has 0 aromatic heterocycles. The summed E-state index contributed by atoms with van der Waals surface area (Å²) in [5.74, 6) is 0. The minimum atomic E-state index is -4.07. The van der Waals surface area contributed by atoms with Crippen molar-refractivity contribution in [2.45, 2.75) is 45.2 Å². The molecule has 0 bridgehead atoms. The van der Waals surface area contributed by atoms with E-state index in [-0.39, 0.29) is 6.42 Å². The van der Waals surface area contributed by atoms with Crippen LogP contribution >= 0.6 is 0 Å². The molecule has 0 amide bonds. The van der Waals surface area contributed by atoms with Crippen molar-refractivity contribution in [1.82, 2.24) is 0 Å². The van der Waals surface area contributed by atoms with Crippen LogP contribution in [0.15, 0.2) is 0 Å². The molecule has 0 rings (SSSR count). The lowest BCUT2D eigenvalue weighted by Gasteiger charge is -2.24. The smallest absolute Gasteiger partial charge is 0.292 e. The quantitative estimate of drug-likeness (QED) is 0.693. The Morgan fingerprint density at radius 3 is 1.92 bits per heavy atom. The van der Waals surface area contributed by atoms with Gasteiger partial charge in [-0.25, -0.2) is 0 Å². The topological polar surface area (TPSA) is 63.6 Å². The van der Waals surface area contributed by atoms with Gasteiger partial charge in [-0.3, -0.25) is 4.55 Å². The van der Waals surface area contributed by atoms with Crippen LogP contribution in [-0.2, 0) is 14.9 Å². The molecule has 12 heavy (non-hydrogen) atoms. The summed E-state index contributed by atoms with van der Waals surface area (Å²) in [6.07, 6.45) is 0.246. The third-order valence-electron chi connectivity index (χ3n) is 1.15. The van der Waals surface area contributed by atoms with Crippen molar-refractivity contribution in [2.24, 2.45) is 0 Å². The van der Waals surface area contributed by atoms with Crippen LogP contribution in [0.25, 0.3) is 0 Å². The predicted octanol–water partition coefficient (Wildman–Crippen LogP) is 1.43. The number of ether oxygens (including phenoxy) is 1. The molecular formula is C7H16O4S. The molecule has 0 aromatic carbocycles. The minimum absolute atomic E-state index is 0.246. The Morgan fingerprint density at radius 2 is 1.83 bits per heavy atom. The summed E-state index contributed by atoms with van der Waals surface area (Å²) in [5.41, 5.74) is -1.67. The molecule has 4 nitrogen and oxygen atoms in total. The van der Waals surface area contributed by atoms with E-state index in [1.54, 1.807) is 27.7 Å². The van der Waals surface area contributed by atoms with E-state index in [4.69, 9.17) is 9.29 Å². The highest BCUT2D eigenvalue weighted by molar-refractivity contribution is 7.86. The molecule has 0 saturated carbocycles. The normalized spacial score (nSPS) is 16.1. The molecule has 0 aliphatic carbocycles. The highest BCUT2D eigenvalue weighted by atomic mass is 32.2. The summed E-state index contributed by atoms with van der Waals surface area (Å²) in [5, 5.41) is 0. The van der Waals surface area contributed by atoms with Crippen molar-refractivity contribution in [3.8, 4) is 0 Å². The Kier molecular flexibility index (Phi) is 3.68. The van der Waals surface area contributed by atoms with Crippen molar-refractivity contribution < 1.29 is 17.7 Å². The van der Waals surface area contributed by atoms with E-state index in [0.717, 1.165) is 0 Å². The molecule has 0 heterocycles. The van der Waals surface area contributed by atoms with Crippen LogP contribution in [0.3, 0.4) is 0 Å². The van der Waals surface area contributed by atoms with Gasteiger partial charge >= 0.3 is 0 Å². The molecular weight excluding hydrogens is 180 g/mol. The van der Waals surface area contributed by atoms with Gasteiger partial charge in [0.25, 0.3) is 10.1 Å². The first-order valence-electron chi connectivity index (χ1n) is 3.81. The Bertz CT molecular complexity index is 224. The average molecular weight is 196 g/mol. The Hall–Kier alpha value is -0.130. The zero-order valence-electron chi connectivity index (χ0n) is 7.86. The van der Waals surface area contributed by atoms with Crippen LogP contribution in [0, 0.1) is 0 Å². The third-order valence-corrected chi connectivity index (χ3v) is 2.24. The fourth-order valence-electron chi connectivity index (χ4n) is 0.749. The molecule has 1 N–H and O–H groups in total. The van der Waals surface area contributed by atoms with Gasteiger partial charge in [-0.1, -0.05) is 6.92 Å². The summed E-state index contributed by atoms with van der Waals surface area (Å²) in [7, 11) is -4.07. The summed E-state index contributed by atoms with van der Waals surface area (Å²) in [4.78, 5) is 0. The minimum Gasteiger partial charge on any atom is -0.354 e. The maximum Gasteiger partial charge on any atom is 0.292 e. The Labute approximate surface area is 73.7 Å². The van der Waals surface area contributed by atoms with Crippen molar-refractivity contribution in [3.63, 3.8) is 0 Å². The fraction of sp³-hybridized carbons (Fsp3) is 1.00. The second-order valence-electron chi connectivity index (χ2n) is 3.58. The lowest BCUT2D eigenvalue weighted by molar-refractivity contribution is -0.0274. The lowest BCUT2D eigenvalue weighted by atomic mass is 10.2. The van der Waals surface area contributed by atoms with Crippen molar-refractivity contribution in [2.75, 3.05) is 0 Å². The van der Waals surface area contributed by atoms with E-state index in [0.29, 0.717) is 0 Å². The van der Waals surface area contributed by atoms with Crippen molar-refractivity contribution in [1.29, 1.82) is 0 Å².